The van der Waals surface area contributed by atoms with Crippen LogP contribution in [-0.4, -0.2) is 52.1 Å². The largest absolute Gasteiger partial charge is 0.370 e. The Bertz CT molecular complexity index is 771. The first kappa shape index (κ1) is 18.5. The van der Waals surface area contributed by atoms with Gasteiger partial charge in [-0.2, -0.15) is 0 Å². The first-order chi connectivity index (χ1) is 13.1. The molecule has 1 amide bonds. The van der Waals surface area contributed by atoms with Gasteiger partial charge in [-0.15, -0.1) is 11.3 Å². The van der Waals surface area contributed by atoms with E-state index in [9.17, 15) is 4.79 Å². The summed E-state index contributed by atoms with van der Waals surface area (Å²) in [6.07, 6.45) is 8.09. The molecule has 1 N–H and O–H groups in total. The van der Waals surface area contributed by atoms with Gasteiger partial charge in [-0.1, -0.05) is 6.07 Å². The third-order valence-corrected chi connectivity index (χ3v) is 6.35. The number of ether oxygens (including phenoxy) is 1. The molecule has 144 valence electrons. The first-order valence-electron chi connectivity index (χ1n) is 9.61. The summed E-state index contributed by atoms with van der Waals surface area (Å²) in [5, 5.41) is 5.70. The lowest BCUT2D eigenvalue weighted by Crippen LogP contribution is -2.44. The quantitative estimate of drug-likeness (QED) is 0.856. The molecule has 7 heteroatoms. The molecule has 0 aromatic carbocycles. The molecule has 6 nitrogen and oxygen atoms in total. The summed E-state index contributed by atoms with van der Waals surface area (Å²) < 4.78 is 6.41. The molecule has 1 spiro atoms. The molecular weight excluding hydrogens is 360 g/mol. The highest BCUT2D eigenvalue weighted by molar-refractivity contribution is 7.09. The number of hydrogen-bond donors (Lipinski definition) is 1. The Morgan fingerprint density at radius 3 is 2.96 bits per heavy atom. The van der Waals surface area contributed by atoms with E-state index in [-0.39, 0.29) is 17.6 Å². The predicted octanol–water partition coefficient (Wildman–Crippen LogP) is 2.79. The summed E-state index contributed by atoms with van der Waals surface area (Å²) in [5.74, 6) is -0.102. The van der Waals surface area contributed by atoms with E-state index in [0.717, 1.165) is 50.3 Å². The van der Waals surface area contributed by atoms with Gasteiger partial charge in [-0.05, 0) is 44.2 Å². The van der Waals surface area contributed by atoms with Crippen LogP contribution in [0.2, 0.25) is 0 Å². The fraction of sp³-hybridized carbons (Fsp3) is 0.550. The van der Waals surface area contributed by atoms with Gasteiger partial charge in [0.1, 0.15) is 5.69 Å². The van der Waals surface area contributed by atoms with Gasteiger partial charge in [0.2, 0.25) is 0 Å². The van der Waals surface area contributed by atoms with Crippen LogP contribution in [0, 0.1) is 6.92 Å². The Balaban J connectivity index is 1.23. The van der Waals surface area contributed by atoms with Crippen LogP contribution in [0.1, 0.15) is 46.7 Å². The molecule has 2 aliphatic rings. The molecule has 0 bridgehead atoms. The number of piperidine rings is 1. The molecule has 0 radical (unpaired) electrons. The zero-order valence-corrected chi connectivity index (χ0v) is 16.5. The second kappa shape index (κ2) is 8.04. The summed E-state index contributed by atoms with van der Waals surface area (Å²) in [4.78, 5) is 23.1. The van der Waals surface area contributed by atoms with E-state index < -0.39 is 0 Å². The lowest BCUT2D eigenvalue weighted by Gasteiger charge is -2.39. The molecule has 1 atom stereocenters. The van der Waals surface area contributed by atoms with Gasteiger partial charge < -0.3 is 10.1 Å². The monoisotopic (exact) mass is 386 g/mol. The molecule has 1 unspecified atom stereocenters. The van der Waals surface area contributed by atoms with Crippen molar-refractivity contribution in [3.8, 4) is 0 Å². The second-order valence-corrected chi connectivity index (χ2v) is 8.62. The number of nitrogens with one attached hydrogen (secondary N) is 1. The van der Waals surface area contributed by atoms with E-state index in [1.54, 1.807) is 5.38 Å². The van der Waals surface area contributed by atoms with Gasteiger partial charge in [-0.3, -0.25) is 14.7 Å². The standard InChI is InChI=1S/C20H26N4O2S/c1-15-23-18(14-27-15)19(25)22-12-17-4-5-20(26-17)6-9-24(10-7-20)13-16-3-2-8-21-11-16/h2-3,8,11,14,17H,4-7,9-10,12-13H2,1H3,(H,22,25). The van der Waals surface area contributed by atoms with Gasteiger partial charge in [0.15, 0.2) is 0 Å². The van der Waals surface area contributed by atoms with E-state index in [1.165, 1.54) is 16.9 Å². The zero-order chi connectivity index (χ0) is 18.7. The van der Waals surface area contributed by atoms with Crippen molar-refractivity contribution in [2.75, 3.05) is 19.6 Å². The Hall–Kier alpha value is -1.83. The fourth-order valence-corrected chi connectivity index (χ4v) is 4.63. The van der Waals surface area contributed by atoms with Crippen LogP contribution in [0.5, 0.6) is 0 Å². The maximum Gasteiger partial charge on any atom is 0.270 e. The number of thiazole rings is 1. The van der Waals surface area contributed by atoms with E-state index in [2.05, 4.69) is 26.3 Å². The summed E-state index contributed by atoms with van der Waals surface area (Å²) in [7, 11) is 0. The van der Waals surface area contributed by atoms with Crippen molar-refractivity contribution in [2.45, 2.75) is 50.9 Å². The van der Waals surface area contributed by atoms with Crippen molar-refractivity contribution < 1.29 is 9.53 Å². The normalized spacial score (nSPS) is 22.2. The number of amides is 1. The first-order valence-corrected chi connectivity index (χ1v) is 10.5. The summed E-state index contributed by atoms with van der Waals surface area (Å²) >= 11 is 1.50. The molecule has 2 aliphatic heterocycles. The van der Waals surface area contributed by atoms with Crippen molar-refractivity contribution in [1.29, 1.82) is 0 Å². The highest BCUT2D eigenvalue weighted by atomic mass is 32.1. The number of aryl methyl sites for hydroxylation is 1. The SMILES string of the molecule is Cc1nc(C(=O)NCC2CCC3(CCN(Cc4cccnc4)CC3)O2)cs1. The fourth-order valence-electron chi connectivity index (χ4n) is 4.04. The Morgan fingerprint density at radius 1 is 1.41 bits per heavy atom. The summed E-state index contributed by atoms with van der Waals surface area (Å²) in [6.45, 7) is 5.52. The maximum absolute atomic E-state index is 12.2. The Labute approximate surface area is 164 Å². The molecule has 4 rings (SSSR count). The van der Waals surface area contributed by atoms with Crippen LogP contribution in [0.25, 0.3) is 0 Å². The van der Waals surface area contributed by atoms with E-state index in [4.69, 9.17) is 4.74 Å². The lowest BCUT2D eigenvalue weighted by atomic mass is 9.88. The van der Waals surface area contributed by atoms with Gasteiger partial charge in [-0.25, -0.2) is 4.98 Å². The van der Waals surface area contributed by atoms with Crippen molar-refractivity contribution >= 4 is 17.2 Å². The minimum absolute atomic E-state index is 0.00193. The molecule has 4 heterocycles. The molecule has 27 heavy (non-hydrogen) atoms. The molecular formula is C20H26N4O2S. The van der Waals surface area contributed by atoms with Crippen LogP contribution in [0.3, 0.4) is 0 Å². The van der Waals surface area contributed by atoms with Crippen molar-refractivity contribution in [1.82, 2.24) is 20.2 Å². The zero-order valence-electron chi connectivity index (χ0n) is 15.7. The van der Waals surface area contributed by atoms with Crippen LogP contribution in [0.15, 0.2) is 29.9 Å². The number of pyridine rings is 1. The lowest BCUT2D eigenvalue weighted by molar-refractivity contribution is -0.0764. The van der Waals surface area contributed by atoms with E-state index >= 15 is 0 Å². The number of carbonyl (C=O) groups excluding carboxylic acids is 1. The Kier molecular flexibility index (Phi) is 5.52. The Morgan fingerprint density at radius 2 is 2.26 bits per heavy atom. The number of likely N-dealkylation sites (tertiary alicyclic amines) is 1. The topological polar surface area (TPSA) is 67.4 Å². The smallest absolute Gasteiger partial charge is 0.270 e. The van der Waals surface area contributed by atoms with Crippen LogP contribution in [0.4, 0.5) is 0 Å². The van der Waals surface area contributed by atoms with Gasteiger partial charge in [0.05, 0.1) is 16.7 Å². The van der Waals surface area contributed by atoms with Crippen LogP contribution < -0.4 is 5.32 Å². The minimum atomic E-state index is -0.102. The van der Waals surface area contributed by atoms with Crippen molar-refractivity contribution in [3.05, 3.63) is 46.2 Å². The number of hydrogen-bond acceptors (Lipinski definition) is 6. The van der Waals surface area contributed by atoms with Gasteiger partial charge >= 0.3 is 0 Å². The maximum atomic E-state index is 12.2. The summed E-state index contributed by atoms with van der Waals surface area (Å²) in [5.41, 5.74) is 1.77. The average molecular weight is 387 g/mol. The molecule has 2 saturated heterocycles. The molecule has 2 aromatic heterocycles. The van der Waals surface area contributed by atoms with Crippen LogP contribution in [-0.2, 0) is 11.3 Å². The van der Waals surface area contributed by atoms with Gasteiger partial charge in [0, 0.05) is 44.0 Å². The van der Waals surface area contributed by atoms with E-state index in [0.29, 0.717) is 12.2 Å². The van der Waals surface area contributed by atoms with E-state index in [1.807, 2.05) is 25.4 Å². The number of aromatic nitrogens is 2. The summed E-state index contributed by atoms with van der Waals surface area (Å²) in [6, 6.07) is 4.12. The highest BCUT2D eigenvalue weighted by Gasteiger charge is 2.42. The molecule has 0 saturated carbocycles. The predicted molar refractivity (Wildman–Crippen MR) is 105 cm³/mol. The third-order valence-electron chi connectivity index (χ3n) is 5.58. The van der Waals surface area contributed by atoms with Crippen LogP contribution >= 0.6 is 11.3 Å². The number of rotatable bonds is 5. The molecule has 2 fully saturated rings. The van der Waals surface area contributed by atoms with Crippen molar-refractivity contribution in [3.63, 3.8) is 0 Å². The minimum Gasteiger partial charge on any atom is -0.370 e. The average Bonchev–Trinajstić information content (AvgIpc) is 3.30. The van der Waals surface area contributed by atoms with Crippen molar-refractivity contribution in [2.24, 2.45) is 0 Å². The third kappa shape index (κ3) is 4.54. The number of carbonyl (C=O) groups is 1. The van der Waals surface area contributed by atoms with Gasteiger partial charge in [0.25, 0.3) is 5.91 Å². The highest BCUT2D eigenvalue weighted by Crippen LogP contribution is 2.39. The molecule has 0 aliphatic carbocycles. The number of nitrogens with zero attached hydrogens (tertiary/aromatic N) is 3. The second-order valence-electron chi connectivity index (χ2n) is 7.56. The molecule has 2 aromatic rings.